The summed E-state index contributed by atoms with van der Waals surface area (Å²) in [7, 11) is 2.69. The number of hydrogen-bond donors (Lipinski definition) is 2. The SMILES string of the molecule is COC(=O)C[C@H](c1ccc(O)c(OC)c1)c1c(O)ccc2c1O/C(=C\N1CCOCC1)C2=O. The third kappa shape index (κ3) is 4.45. The van der Waals surface area contributed by atoms with Crippen LogP contribution in [-0.2, 0) is 14.3 Å². The van der Waals surface area contributed by atoms with Gasteiger partial charge in [-0.05, 0) is 29.8 Å². The minimum Gasteiger partial charge on any atom is -0.508 e. The number of phenolic OH excluding ortho intramolecular Hbond substituents is 2. The molecule has 0 bridgehead atoms. The third-order valence-corrected chi connectivity index (χ3v) is 5.75. The molecule has 2 N–H and O–H groups in total. The number of Topliss-reactive ketones (excluding diaryl/α,β-unsaturated/α-hetero) is 1. The van der Waals surface area contributed by atoms with E-state index in [0.29, 0.717) is 37.4 Å². The summed E-state index contributed by atoms with van der Waals surface area (Å²) in [6.07, 6.45) is 1.53. The van der Waals surface area contributed by atoms with Crippen molar-refractivity contribution in [3.05, 3.63) is 59.0 Å². The molecule has 2 aromatic carbocycles. The lowest BCUT2D eigenvalue weighted by atomic mass is 9.86. The first-order chi connectivity index (χ1) is 15.9. The van der Waals surface area contributed by atoms with Crippen LogP contribution in [0.25, 0.3) is 0 Å². The van der Waals surface area contributed by atoms with Crippen LogP contribution in [0.1, 0.15) is 33.8 Å². The number of aromatic hydroxyl groups is 2. The van der Waals surface area contributed by atoms with Gasteiger partial charge in [-0.25, -0.2) is 0 Å². The zero-order valence-electron chi connectivity index (χ0n) is 18.4. The van der Waals surface area contributed by atoms with Crippen molar-refractivity contribution in [1.82, 2.24) is 4.90 Å². The number of allylic oxidation sites excluding steroid dienone is 1. The molecule has 0 saturated carbocycles. The molecule has 2 aromatic rings. The summed E-state index contributed by atoms with van der Waals surface area (Å²) >= 11 is 0. The van der Waals surface area contributed by atoms with Crippen molar-refractivity contribution < 1.29 is 38.7 Å². The largest absolute Gasteiger partial charge is 0.508 e. The van der Waals surface area contributed by atoms with E-state index in [-0.39, 0.29) is 46.5 Å². The van der Waals surface area contributed by atoms with Crippen LogP contribution in [0, 0.1) is 0 Å². The minimum absolute atomic E-state index is 0.0669. The van der Waals surface area contributed by atoms with Gasteiger partial charge < -0.3 is 34.1 Å². The van der Waals surface area contributed by atoms with Gasteiger partial charge in [-0.15, -0.1) is 0 Å². The first-order valence-corrected chi connectivity index (χ1v) is 10.5. The Morgan fingerprint density at radius 3 is 2.58 bits per heavy atom. The van der Waals surface area contributed by atoms with Gasteiger partial charge in [0.2, 0.25) is 5.78 Å². The highest BCUT2D eigenvalue weighted by Gasteiger charge is 2.36. The first kappa shape index (κ1) is 22.5. The van der Waals surface area contributed by atoms with Crippen LogP contribution in [-0.4, -0.2) is 67.4 Å². The van der Waals surface area contributed by atoms with Crippen molar-refractivity contribution in [2.45, 2.75) is 12.3 Å². The maximum absolute atomic E-state index is 13.0. The average molecular weight is 455 g/mol. The monoisotopic (exact) mass is 455 g/mol. The number of esters is 1. The van der Waals surface area contributed by atoms with Gasteiger partial charge in [0.15, 0.2) is 17.3 Å². The van der Waals surface area contributed by atoms with Crippen LogP contribution >= 0.6 is 0 Å². The molecule has 1 saturated heterocycles. The maximum Gasteiger partial charge on any atom is 0.306 e. The molecule has 1 fully saturated rings. The molecule has 0 aromatic heterocycles. The Balaban J connectivity index is 1.79. The van der Waals surface area contributed by atoms with Gasteiger partial charge in [0.1, 0.15) is 11.5 Å². The van der Waals surface area contributed by atoms with Crippen LogP contribution in [0.2, 0.25) is 0 Å². The summed E-state index contributed by atoms with van der Waals surface area (Å²) in [5.41, 5.74) is 1.15. The van der Waals surface area contributed by atoms with Crippen LogP contribution in [0.4, 0.5) is 0 Å². The van der Waals surface area contributed by atoms with E-state index in [9.17, 15) is 19.8 Å². The molecular weight excluding hydrogens is 430 g/mol. The molecule has 4 rings (SSSR count). The molecular formula is C24H25NO8. The van der Waals surface area contributed by atoms with Crippen molar-refractivity contribution in [3.63, 3.8) is 0 Å². The molecule has 2 aliphatic rings. The standard InChI is InChI=1S/C24H25NO8/c1-30-19-11-14(3-5-17(19)26)16(12-21(28)31-2)22-18(27)6-4-15-23(29)20(33-24(15)22)13-25-7-9-32-10-8-25/h3-6,11,13,16,26-27H,7-10,12H2,1-2H3/b20-13-/t16-/m1/s1. The van der Waals surface area contributed by atoms with Crippen LogP contribution in [0.15, 0.2) is 42.3 Å². The van der Waals surface area contributed by atoms with E-state index in [2.05, 4.69) is 0 Å². The number of hydrogen-bond acceptors (Lipinski definition) is 9. The highest BCUT2D eigenvalue weighted by atomic mass is 16.5. The predicted molar refractivity (Wildman–Crippen MR) is 117 cm³/mol. The summed E-state index contributed by atoms with van der Waals surface area (Å²) in [4.78, 5) is 27.3. The Hall–Kier alpha value is -3.72. The molecule has 0 unspecified atom stereocenters. The molecule has 1 atom stereocenters. The lowest BCUT2D eigenvalue weighted by Gasteiger charge is -2.25. The van der Waals surface area contributed by atoms with Crippen LogP contribution in [0.3, 0.4) is 0 Å². The number of ether oxygens (including phenoxy) is 4. The number of rotatable bonds is 6. The second kappa shape index (κ2) is 9.41. The summed E-state index contributed by atoms with van der Waals surface area (Å²) < 4.78 is 21.4. The van der Waals surface area contributed by atoms with E-state index >= 15 is 0 Å². The van der Waals surface area contributed by atoms with Crippen LogP contribution in [0.5, 0.6) is 23.0 Å². The third-order valence-electron chi connectivity index (χ3n) is 5.75. The summed E-state index contributed by atoms with van der Waals surface area (Å²) in [6.45, 7) is 2.38. The average Bonchev–Trinajstić information content (AvgIpc) is 3.13. The normalized spacial score (nSPS) is 17.5. The molecule has 0 spiro atoms. The van der Waals surface area contributed by atoms with Crippen molar-refractivity contribution in [1.29, 1.82) is 0 Å². The van der Waals surface area contributed by atoms with Crippen molar-refractivity contribution in [3.8, 4) is 23.0 Å². The Morgan fingerprint density at radius 2 is 1.88 bits per heavy atom. The fourth-order valence-electron chi connectivity index (χ4n) is 4.01. The number of methoxy groups -OCH3 is 2. The van der Waals surface area contributed by atoms with Gasteiger partial charge >= 0.3 is 5.97 Å². The van der Waals surface area contributed by atoms with E-state index < -0.39 is 11.9 Å². The second-order valence-corrected chi connectivity index (χ2v) is 7.71. The fraction of sp³-hybridized carbons (Fsp3) is 0.333. The quantitative estimate of drug-likeness (QED) is 0.501. The highest BCUT2D eigenvalue weighted by Crippen LogP contribution is 2.47. The number of carbonyl (C=O) groups is 2. The number of fused-ring (bicyclic) bond motifs is 1. The van der Waals surface area contributed by atoms with Crippen molar-refractivity contribution in [2.75, 3.05) is 40.5 Å². The van der Waals surface area contributed by atoms with Crippen molar-refractivity contribution >= 4 is 11.8 Å². The maximum atomic E-state index is 13.0. The molecule has 0 amide bonds. The minimum atomic E-state index is -0.725. The second-order valence-electron chi connectivity index (χ2n) is 7.71. The number of ketones is 1. The Morgan fingerprint density at radius 1 is 1.15 bits per heavy atom. The lowest BCUT2D eigenvalue weighted by molar-refractivity contribution is -0.140. The number of nitrogens with zero attached hydrogens (tertiary/aromatic N) is 1. The van der Waals surface area contributed by atoms with Crippen molar-refractivity contribution in [2.24, 2.45) is 0 Å². The topological polar surface area (TPSA) is 115 Å². The Bertz CT molecular complexity index is 1100. The van der Waals surface area contributed by atoms with Gasteiger partial charge in [0, 0.05) is 30.8 Å². The molecule has 2 aliphatic heterocycles. The summed E-state index contributed by atoms with van der Waals surface area (Å²) in [6, 6.07) is 7.54. The van der Waals surface area contributed by atoms with Gasteiger partial charge in [0.05, 0.1) is 39.4 Å². The lowest BCUT2D eigenvalue weighted by Crippen LogP contribution is -2.32. The highest BCUT2D eigenvalue weighted by molar-refractivity contribution is 6.12. The first-order valence-electron chi connectivity index (χ1n) is 10.5. The van der Waals surface area contributed by atoms with E-state index in [1.807, 2.05) is 4.90 Å². The molecule has 9 nitrogen and oxygen atoms in total. The Labute approximate surface area is 190 Å². The molecule has 0 aliphatic carbocycles. The molecule has 0 radical (unpaired) electrons. The predicted octanol–water partition coefficient (Wildman–Crippen LogP) is 2.55. The number of benzene rings is 2. The fourth-order valence-corrected chi connectivity index (χ4v) is 4.01. The molecule has 2 heterocycles. The number of carbonyl (C=O) groups excluding carboxylic acids is 2. The summed E-state index contributed by atoms with van der Waals surface area (Å²) in [5, 5.41) is 20.8. The molecule has 33 heavy (non-hydrogen) atoms. The van der Waals surface area contributed by atoms with E-state index in [0.717, 1.165) is 0 Å². The number of morpholine rings is 1. The van der Waals surface area contributed by atoms with Gasteiger partial charge in [-0.1, -0.05) is 6.07 Å². The van der Waals surface area contributed by atoms with Crippen LogP contribution < -0.4 is 9.47 Å². The summed E-state index contributed by atoms with van der Waals surface area (Å²) in [5.74, 6) is -1.20. The van der Waals surface area contributed by atoms with Gasteiger partial charge in [-0.3, -0.25) is 9.59 Å². The Kier molecular flexibility index (Phi) is 6.41. The zero-order valence-corrected chi connectivity index (χ0v) is 18.4. The molecule has 9 heteroatoms. The van der Waals surface area contributed by atoms with E-state index in [1.54, 1.807) is 18.3 Å². The van der Waals surface area contributed by atoms with Gasteiger partial charge in [0.25, 0.3) is 0 Å². The van der Waals surface area contributed by atoms with E-state index in [1.165, 1.54) is 32.4 Å². The number of phenols is 2. The smallest absolute Gasteiger partial charge is 0.306 e. The van der Waals surface area contributed by atoms with E-state index in [4.69, 9.17) is 18.9 Å². The van der Waals surface area contributed by atoms with Gasteiger partial charge in [-0.2, -0.15) is 0 Å². The zero-order chi connectivity index (χ0) is 23.5. The molecule has 174 valence electrons.